The maximum atomic E-state index is 12.8. The lowest BCUT2D eigenvalue weighted by molar-refractivity contribution is 0.102. The molecular weight excluding hydrogens is 227 g/mol. The number of hydrogen-bond acceptors (Lipinski definition) is 2. The normalized spacial score (nSPS) is 12.8. The van der Waals surface area contributed by atoms with Gasteiger partial charge in [-0.2, -0.15) is 0 Å². The van der Waals surface area contributed by atoms with E-state index in [1.165, 1.54) is 24.3 Å². The quantitative estimate of drug-likeness (QED) is 0.743. The number of rotatable bonds is 5. The van der Waals surface area contributed by atoms with Gasteiger partial charge in [0.1, 0.15) is 5.82 Å². The molecule has 88 valence electrons. The molecule has 0 spiro atoms. The Hall–Kier alpha value is -1.03. The van der Waals surface area contributed by atoms with Crippen LogP contribution in [0.5, 0.6) is 0 Å². The molecular formula is C12H15FO2S. The number of hydrogen-bond donors (Lipinski definition) is 0. The van der Waals surface area contributed by atoms with Crippen LogP contribution in [0.3, 0.4) is 0 Å². The lowest BCUT2D eigenvalue weighted by atomic mass is 10.1. The fourth-order valence-corrected chi connectivity index (χ4v) is 2.64. The molecule has 1 aromatic carbocycles. The van der Waals surface area contributed by atoms with Gasteiger partial charge in [0.15, 0.2) is 5.78 Å². The standard InChI is InChI=1S/C12H15FO2S/c1-9(2)7-16(15)8-12(14)10-4-3-5-11(13)6-10/h3-6,9H,7-8H2,1-2H3. The lowest BCUT2D eigenvalue weighted by Crippen LogP contribution is -2.15. The van der Waals surface area contributed by atoms with Crippen molar-refractivity contribution >= 4 is 16.6 Å². The molecule has 0 amide bonds. The summed E-state index contributed by atoms with van der Waals surface area (Å²) < 4.78 is 24.4. The first-order valence-corrected chi connectivity index (χ1v) is 6.61. The molecule has 0 bridgehead atoms. The minimum Gasteiger partial charge on any atom is -0.293 e. The fraction of sp³-hybridized carbons (Fsp3) is 0.417. The van der Waals surface area contributed by atoms with Gasteiger partial charge in [-0.05, 0) is 18.1 Å². The summed E-state index contributed by atoms with van der Waals surface area (Å²) >= 11 is 0. The van der Waals surface area contributed by atoms with Crippen molar-refractivity contribution in [2.75, 3.05) is 11.5 Å². The van der Waals surface area contributed by atoms with Crippen LogP contribution in [0.25, 0.3) is 0 Å². The Morgan fingerprint density at radius 2 is 2.12 bits per heavy atom. The third kappa shape index (κ3) is 4.23. The van der Waals surface area contributed by atoms with Gasteiger partial charge in [-0.15, -0.1) is 0 Å². The van der Waals surface area contributed by atoms with Crippen LogP contribution in [0.1, 0.15) is 24.2 Å². The zero-order chi connectivity index (χ0) is 12.1. The maximum absolute atomic E-state index is 12.8. The molecule has 0 N–H and O–H groups in total. The van der Waals surface area contributed by atoms with Crippen LogP contribution in [0, 0.1) is 11.7 Å². The summed E-state index contributed by atoms with van der Waals surface area (Å²) in [7, 11) is -1.16. The summed E-state index contributed by atoms with van der Waals surface area (Å²) in [4.78, 5) is 11.6. The van der Waals surface area contributed by atoms with E-state index in [1.54, 1.807) is 0 Å². The first-order valence-electron chi connectivity index (χ1n) is 5.12. The summed E-state index contributed by atoms with van der Waals surface area (Å²) in [6, 6.07) is 5.47. The summed E-state index contributed by atoms with van der Waals surface area (Å²) in [5.41, 5.74) is 0.289. The minimum absolute atomic E-state index is 0.0262. The second-order valence-corrected chi connectivity index (χ2v) is 5.58. The van der Waals surface area contributed by atoms with Gasteiger partial charge in [0.25, 0.3) is 0 Å². The van der Waals surface area contributed by atoms with E-state index in [1.807, 2.05) is 13.8 Å². The third-order valence-electron chi connectivity index (χ3n) is 1.96. The highest BCUT2D eigenvalue weighted by atomic mass is 32.2. The van der Waals surface area contributed by atoms with Crippen LogP contribution in [-0.2, 0) is 10.8 Å². The van der Waals surface area contributed by atoms with E-state index in [4.69, 9.17) is 0 Å². The van der Waals surface area contributed by atoms with Gasteiger partial charge >= 0.3 is 0 Å². The Morgan fingerprint density at radius 3 is 2.69 bits per heavy atom. The molecule has 2 nitrogen and oxygen atoms in total. The Morgan fingerprint density at radius 1 is 1.44 bits per heavy atom. The Kier molecular flexibility index (Phi) is 4.80. The topological polar surface area (TPSA) is 34.1 Å². The minimum atomic E-state index is -1.16. The van der Waals surface area contributed by atoms with E-state index in [2.05, 4.69) is 0 Å². The second kappa shape index (κ2) is 5.89. The highest BCUT2D eigenvalue weighted by Crippen LogP contribution is 2.06. The first kappa shape index (κ1) is 13.0. The molecule has 0 fully saturated rings. The molecule has 0 radical (unpaired) electrons. The number of carbonyl (C=O) groups excluding carboxylic acids is 1. The smallest absolute Gasteiger partial charge is 0.175 e. The lowest BCUT2D eigenvalue weighted by Gasteiger charge is -2.04. The van der Waals surface area contributed by atoms with Crippen molar-refractivity contribution in [2.24, 2.45) is 5.92 Å². The maximum Gasteiger partial charge on any atom is 0.175 e. The van der Waals surface area contributed by atoms with Crippen LogP contribution < -0.4 is 0 Å². The average Bonchev–Trinajstić information content (AvgIpc) is 2.16. The molecule has 0 saturated heterocycles. The Bertz CT molecular complexity index is 402. The molecule has 1 aromatic rings. The predicted octanol–water partition coefficient (Wildman–Crippen LogP) is 2.41. The van der Waals surface area contributed by atoms with Gasteiger partial charge in [-0.1, -0.05) is 26.0 Å². The molecule has 1 rings (SSSR count). The van der Waals surface area contributed by atoms with Gasteiger partial charge < -0.3 is 0 Å². The van der Waals surface area contributed by atoms with E-state index in [-0.39, 0.29) is 17.1 Å². The van der Waals surface area contributed by atoms with Gasteiger partial charge in [-0.25, -0.2) is 4.39 Å². The molecule has 0 saturated carbocycles. The van der Waals surface area contributed by atoms with Crippen LogP contribution in [0.4, 0.5) is 4.39 Å². The van der Waals surface area contributed by atoms with E-state index in [0.29, 0.717) is 11.7 Å². The van der Waals surface area contributed by atoms with Crippen molar-refractivity contribution in [3.8, 4) is 0 Å². The second-order valence-electron chi connectivity index (χ2n) is 4.08. The highest BCUT2D eigenvalue weighted by molar-refractivity contribution is 7.85. The number of ketones is 1. The zero-order valence-electron chi connectivity index (χ0n) is 9.40. The van der Waals surface area contributed by atoms with Crippen molar-refractivity contribution in [3.63, 3.8) is 0 Å². The van der Waals surface area contributed by atoms with Crippen LogP contribution >= 0.6 is 0 Å². The van der Waals surface area contributed by atoms with Crippen LogP contribution in [0.2, 0.25) is 0 Å². The number of halogens is 1. The monoisotopic (exact) mass is 242 g/mol. The first-order chi connectivity index (χ1) is 7.49. The van der Waals surface area contributed by atoms with E-state index in [9.17, 15) is 13.4 Å². The molecule has 16 heavy (non-hydrogen) atoms. The van der Waals surface area contributed by atoms with Crippen molar-refractivity contribution in [2.45, 2.75) is 13.8 Å². The molecule has 1 unspecified atom stereocenters. The molecule has 1 atom stereocenters. The van der Waals surface area contributed by atoms with Crippen molar-refractivity contribution in [3.05, 3.63) is 35.6 Å². The fourth-order valence-electron chi connectivity index (χ4n) is 1.32. The molecule has 4 heteroatoms. The van der Waals surface area contributed by atoms with Crippen molar-refractivity contribution in [1.82, 2.24) is 0 Å². The summed E-state index contributed by atoms with van der Waals surface area (Å²) in [5, 5.41) is 0. The van der Waals surface area contributed by atoms with Gasteiger partial charge in [0, 0.05) is 22.1 Å². The SMILES string of the molecule is CC(C)CS(=O)CC(=O)c1cccc(F)c1. The largest absolute Gasteiger partial charge is 0.293 e. The molecule has 0 heterocycles. The van der Waals surface area contributed by atoms with Gasteiger partial charge in [-0.3, -0.25) is 9.00 Å². The average molecular weight is 242 g/mol. The number of benzene rings is 1. The predicted molar refractivity (Wildman–Crippen MR) is 63.4 cm³/mol. The van der Waals surface area contributed by atoms with E-state index in [0.717, 1.165) is 0 Å². The molecule has 0 aromatic heterocycles. The van der Waals surface area contributed by atoms with E-state index < -0.39 is 16.6 Å². The summed E-state index contributed by atoms with van der Waals surface area (Å²) in [5.74, 6) is 0.0583. The molecule has 0 aliphatic heterocycles. The number of Topliss-reactive ketones (excluding diaryl/α,β-unsaturated/α-hetero) is 1. The van der Waals surface area contributed by atoms with Crippen molar-refractivity contribution < 1.29 is 13.4 Å². The van der Waals surface area contributed by atoms with E-state index >= 15 is 0 Å². The summed E-state index contributed by atoms with van der Waals surface area (Å²) in [6.07, 6.45) is 0. The van der Waals surface area contributed by atoms with Crippen molar-refractivity contribution in [1.29, 1.82) is 0 Å². The van der Waals surface area contributed by atoms with Gasteiger partial charge in [0.2, 0.25) is 0 Å². The van der Waals surface area contributed by atoms with Crippen LogP contribution in [0.15, 0.2) is 24.3 Å². The van der Waals surface area contributed by atoms with Gasteiger partial charge in [0.05, 0.1) is 5.75 Å². The summed E-state index contributed by atoms with van der Waals surface area (Å²) in [6.45, 7) is 3.90. The molecule has 0 aliphatic carbocycles. The Labute approximate surface area is 97.3 Å². The Balaban J connectivity index is 2.62. The highest BCUT2D eigenvalue weighted by Gasteiger charge is 2.12. The third-order valence-corrected chi connectivity index (χ3v) is 3.58. The zero-order valence-corrected chi connectivity index (χ0v) is 10.2. The van der Waals surface area contributed by atoms with Crippen LogP contribution in [-0.4, -0.2) is 21.5 Å². The number of carbonyl (C=O) groups is 1. The molecule has 0 aliphatic rings.